The monoisotopic (exact) mass is 299 g/mol. The first-order valence-electron chi connectivity index (χ1n) is 6.50. The zero-order valence-electron chi connectivity index (χ0n) is 11.8. The Morgan fingerprint density at radius 2 is 1.86 bits per heavy atom. The van der Waals surface area contributed by atoms with Crippen LogP contribution in [0.4, 0.5) is 18.9 Å². The van der Waals surface area contributed by atoms with Crippen LogP contribution in [0.3, 0.4) is 0 Å². The number of ether oxygens (including phenoxy) is 1. The Morgan fingerprint density at radius 3 is 2.43 bits per heavy atom. The predicted molar refractivity (Wildman–Crippen MR) is 73.4 cm³/mol. The summed E-state index contributed by atoms with van der Waals surface area (Å²) in [5, 5.41) is 2.76. The summed E-state index contributed by atoms with van der Waals surface area (Å²) in [5.41, 5.74) is -0.762. The van der Waals surface area contributed by atoms with Gasteiger partial charge in [0.1, 0.15) is 17.3 Å². The lowest BCUT2D eigenvalue weighted by molar-refractivity contribution is -0.137. The number of halogens is 3. The van der Waals surface area contributed by atoms with Gasteiger partial charge in [-0.15, -0.1) is 0 Å². The van der Waals surface area contributed by atoms with E-state index < -0.39 is 11.7 Å². The van der Waals surface area contributed by atoms with E-state index in [0.29, 0.717) is 5.76 Å². The van der Waals surface area contributed by atoms with Gasteiger partial charge in [0.15, 0.2) is 0 Å². The Morgan fingerprint density at radius 1 is 1.14 bits per heavy atom. The number of hydrogen-bond acceptors (Lipinski definition) is 3. The van der Waals surface area contributed by atoms with E-state index in [1.807, 2.05) is 13.0 Å². The SMILES string of the molecule is CCc1ccc(CNc2ccc(OC)cc2C(F)(F)F)o1. The highest BCUT2D eigenvalue weighted by Crippen LogP contribution is 2.37. The van der Waals surface area contributed by atoms with E-state index in [4.69, 9.17) is 9.15 Å². The number of nitrogens with one attached hydrogen (secondary N) is 1. The van der Waals surface area contributed by atoms with Gasteiger partial charge in [0.05, 0.1) is 19.2 Å². The largest absolute Gasteiger partial charge is 0.497 e. The molecule has 0 radical (unpaired) electrons. The van der Waals surface area contributed by atoms with Crippen LogP contribution in [0.5, 0.6) is 5.75 Å². The summed E-state index contributed by atoms with van der Waals surface area (Å²) in [6, 6.07) is 7.38. The third-order valence-electron chi connectivity index (χ3n) is 3.05. The molecule has 3 nitrogen and oxygen atoms in total. The number of benzene rings is 1. The van der Waals surface area contributed by atoms with Crippen molar-refractivity contribution >= 4 is 5.69 Å². The average Bonchev–Trinajstić information content (AvgIpc) is 2.92. The second-order valence-corrected chi connectivity index (χ2v) is 4.48. The lowest BCUT2D eigenvalue weighted by Crippen LogP contribution is -2.11. The normalized spacial score (nSPS) is 11.5. The lowest BCUT2D eigenvalue weighted by Gasteiger charge is -2.15. The van der Waals surface area contributed by atoms with Gasteiger partial charge in [-0.05, 0) is 30.3 Å². The molecule has 0 atom stereocenters. The summed E-state index contributed by atoms with van der Waals surface area (Å²) in [6.07, 6.45) is -3.70. The van der Waals surface area contributed by atoms with Crippen molar-refractivity contribution in [1.82, 2.24) is 0 Å². The van der Waals surface area contributed by atoms with Crippen molar-refractivity contribution in [3.63, 3.8) is 0 Å². The zero-order chi connectivity index (χ0) is 15.5. The highest BCUT2D eigenvalue weighted by molar-refractivity contribution is 5.55. The maximum absolute atomic E-state index is 13.0. The van der Waals surface area contributed by atoms with Crippen LogP contribution in [0.1, 0.15) is 24.0 Å². The zero-order valence-corrected chi connectivity index (χ0v) is 11.8. The summed E-state index contributed by atoms with van der Waals surface area (Å²) < 4.78 is 49.4. The third-order valence-corrected chi connectivity index (χ3v) is 3.05. The van der Waals surface area contributed by atoms with Crippen molar-refractivity contribution in [3.8, 4) is 5.75 Å². The number of anilines is 1. The summed E-state index contributed by atoms with van der Waals surface area (Å²) in [7, 11) is 1.33. The van der Waals surface area contributed by atoms with Gasteiger partial charge in [-0.25, -0.2) is 0 Å². The van der Waals surface area contributed by atoms with Crippen LogP contribution in [0.15, 0.2) is 34.7 Å². The molecule has 21 heavy (non-hydrogen) atoms. The maximum Gasteiger partial charge on any atom is 0.418 e. The summed E-state index contributed by atoms with van der Waals surface area (Å²) in [6.45, 7) is 2.14. The fraction of sp³-hybridized carbons (Fsp3) is 0.333. The Hall–Kier alpha value is -2.11. The van der Waals surface area contributed by atoms with Crippen LogP contribution >= 0.6 is 0 Å². The first-order chi connectivity index (χ1) is 9.94. The number of hydrogen-bond donors (Lipinski definition) is 1. The molecule has 1 N–H and O–H groups in total. The smallest absolute Gasteiger partial charge is 0.418 e. The van der Waals surface area contributed by atoms with E-state index in [9.17, 15) is 13.2 Å². The van der Waals surface area contributed by atoms with Crippen molar-refractivity contribution in [2.45, 2.75) is 26.1 Å². The molecule has 1 aromatic heterocycles. The van der Waals surface area contributed by atoms with Crippen molar-refractivity contribution in [3.05, 3.63) is 47.4 Å². The Bertz CT molecular complexity index is 605. The molecule has 0 bridgehead atoms. The van der Waals surface area contributed by atoms with Gasteiger partial charge in [-0.3, -0.25) is 0 Å². The molecule has 0 fully saturated rings. The van der Waals surface area contributed by atoms with E-state index in [1.165, 1.54) is 19.2 Å². The molecule has 2 aromatic rings. The molecule has 0 saturated carbocycles. The Labute approximate surface area is 120 Å². The molecule has 0 amide bonds. The molecule has 0 unspecified atom stereocenters. The van der Waals surface area contributed by atoms with Gasteiger partial charge in [0, 0.05) is 12.1 Å². The minimum absolute atomic E-state index is 0.00208. The van der Waals surface area contributed by atoms with Crippen LogP contribution in [0.2, 0.25) is 0 Å². The Kier molecular flexibility index (Phi) is 4.45. The van der Waals surface area contributed by atoms with E-state index in [0.717, 1.165) is 18.2 Å². The summed E-state index contributed by atoms with van der Waals surface area (Å²) in [5.74, 6) is 1.56. The van der Waals surface area contributed by atoms with E-state index >= 15 is 0 Å². The molecule has 2 rings (SSSR count). The predicted octanol–water partition coefficient (Wildman–Crippen LogP) is 4.48. The van der Waals surface area contributed by atoms with Gasteiger partial charge in [0.25, 0.3) is 0 Å². The standard InChI is InChI=1S/C15H16F3NO2/c1-3-10-4-5-12(21-10)9-19-14-7-6-11(20-2)8-13(14)15(16,17)18/h4-8,19H,3,9H2,1-2H3. The third kappa shape index (κ3) is 3.71. The topological polar surface area (TPSA) is 34.4 Å². The molecule has 6 heteroatoms. The van der Waals surface area contributed by atoms with E-state index in [-0.39, 0.29) is 18.0 Å². The molecular formula is C15H16F3NO2. The summed E-state index contributed by atoms with van der Waals surface area (Å²) in [4.78, 5) is 0. The number of alkyl halides is 3. The lowest BCUT2D eigenvalue weighted by atomic mass is 10.1. The minimum Gasteiger partial charge on any atom is -0.497 e. The molecule has 0 aliphatic rings. The Balaban J connectivity index is 2.19. The number of aryl methyl sites for hydroxylation is 1. The van der Waals surface area contributed by atoms with Crippen LogP contribution in [0.25, 0.3) is 0 Å². The maximum atomic E-state index is 13.0. The fourth-order valence-electron chi connectivity index (χ4n) is 1.93. The van der Waals surface area contributed by atoms with E-state index in [2.05, 4.69) is 5.32 Å². The van der Waals surface area contributed by atoms with Crippen molar-refractivity contribution in [2.75, 3.05) is 12.4 Å². The molecule has 0 aliphatic heterocycles. The van der Waals surface area contributed by atoms with E-state index in [1.54, 1.807) is 6.07 Å². The van der Waals surface area contributed by atoms with Crippen molar-refractivity contribution in [2.24, 2.45) is 0 Å². The fourth-order valence-corrected chi connectivity index (χ4v) is 1.93. The van der Waals surface area contributed by atoms with Crippen molar-refractivity contribution in [1.29, 1.82) is 0 Å². The first-order valence-corrected chi connectivity index (χ1v) is 6.50. The quantitative estimate of drug-likeness (QED) is 0.884. The molecule has 1 heterocycles. The van der Waals surface area contributed by atoms with Crippen LogP contribution < -0.4 is 10.1 Å². The number of methoxy groups -OCH3 is 1. The van der Waals surface area contributed by atoms with Gasteiger partial charge >= 0.3 is 6.18 Å². The second-order valence-electron chi connectivity index (χ2n) is 4.48. The minimum atomic E-state index is -4.45. The van der Waals surface area contributed by atoms with Gasteiger partial charge < -0.3 is 14.5 Å². The number of rotatable bonds is 5. The van der Waals surface area contributed by atoms with Gasteiger partial charge in [-0.2, -0.15) is 13.2 Å². The van der Waals surface area contributed by atoms with Gasteiger partial charge in [-0.1, -0.05) is 6.92 Å². The molecule has 114 valence electrons. The summed E-state index contributed by atoms with van der Waals surface area (Å²) >= 11 is 0. The first kappa shape index (κ1) is 15.3. The second kappa shape index (κ2) is 6.11. The molecule has 0 spiro atoms. The van der Waals surface area contributed by atoms with Crippen LogP contribution in [-0.2, 0) is 19.1 Å². The van der Waals surface area contributed by atoms with Crippen LogP contribution in [0, 0.1) is 0 Å². The molecule has 1 aromatic carbocycles. The van der Waals surface area contributed by atoms with Crippen LogP contribution in [-0.4, -0.2) is 7.11 Å². The molecule has 0 saturated heterocycles. The van der Waals surface area contributed by atoms with Crippen molar-refractivity contribution < 1.29 is 22.3 Å². The molecular weight excluding hydrogens is 283 g/mol. The highest BCUT2D eigenvalue weighted by Gasteiger charge is 2.34. The highest BCUT2D eigenvalue weighted by atomic mass is 19.4. The molecule has 0 aliphatic carbocycles. The van der Waals surface area contributed by atoms with Gasteiger partial charge in [0.2, 0.25) is 0 Å². The average molecular weight is 299 g/mol. The number of furan rings is 1.